The summed E-state index contributed by atoms with van der Waals surface area (Å²) >= 11 is 4.76. The Balaban J connectivity index is 0. The smallest absolute Gasteiger partial charge is 0.450 e. The largest absolute Gasteiger partial charge is 0.505 e. The quantitative estimate of drug-likeness (QED) is 0.585. The second kappa shape index (κ2) is 10.3. The second-order valence-corrected chi connectivity index (χ2v) is 1.16. The highest BCUT2D eigenvalue weighted by Crippen LogP contribution is 1.69. The third-order valence-corrected chi connectivity index (χ3v) is 0.268. The summed E-state index contributed by atoms with van der Waals surface area (Å²) in [6, 6.07) is 0. The molecule has 3 nitrogen and oxygen atoms in total. The van der Waals surface area contributed by atoms with Gasteiger partial charge in [0.2, 0.25) is 0 Å². The van der Waals surface area contributed by atoms with Gasteiger partial charge in [0.15, 0.2) is 0 Å². The van der Waals surface area contributed by atoms with Crippen LogP contribution in [0.5, 0.6) is 0 Å². The minimum absolute atomic E-state index is 0.231. The van der Waals surface area contributed by atoms with E-state index < -0.39 is 6.16 Å². The van der Waals surface area contributed by atoms with E-state index in [9.17, 15) is 4.79 Å². The first-order valence-corrected chi connectivity index (χ1v) is 2.69. The molecule has 0 aromatic heterocycles. The number of halogens is 1. The first-order chi connectivity index (χ1) is 4.18. The highest BCUT2D eigenvalue weighted by molar-refractivity contribution is 6.25. The monoisotopic (exact) mass is 152 g/mol. The Hall–Kier alpha value is -0.700. The lowest BCUT2D eigenvalue weighted by Gasteiger charge is -1.87. The molecule has 0 unspecified atom stereocenters. The van der Waals surface area contributed by atoms with Gasteiger partial charge in [-0.05, 0) is 12.5 Å². The van der Waals surface area contributed by atoms with Gasteiger partial charge in [0.1, 0.15) is 0 Å². The van der Waals surface area contributed by atoms with E-state index in [4.69, 9.17) is 16.7 Å². The fraction of sp³-hybridized carbons (Fsp3) is 0.400. The predicted molar refractivity (Wildman–Crippen MR) is 35.7 cm³/mol. The second-order valence-electron chi connectivity index (χ2n) is 0.853. The SMILES string of the molecule is C=CCl.CCOC(=O)O. The highest BCUT2D eigenvalue weighted by atomic mass is 35.5. The Labute approximate surface area is 58.9 Å². The molecule has 0 saturated heterocycles. The molecule has 0 radical (unpaired) electrons. The van der Waals surface area contributed by atoms with Crippen molar-refractivity contribution >= 4 is 17.8 Å². The zero-order valence-corrected chi connectivity index (χ0v) is 5.89. The summed E-state index contributed by atoms with van der Waals surface area (Å²) in [6.07, 6.45) is -1.21. The zero-order chi connectivity index (χ0) is 7.70. The molecule has 0 aromatic carbocycles. The topological polar surface area (TPSA) is 46.5 Å². The van der Waals surface area contributed by atoms with Crippen LogP contribution in [0.3, 0.4) is 0 Å². The standard InChI is InChI=1S/C3H6O3.C2H3Cl/c1-2-6-3(4)5;1-2-3/h2H2,1H3,(H,4,5);2H,1H2. The normalized spacial score (nSPS) is 6.44. The van der Waals surface area contributed by atoms with Crippen LogP contribution in [0.2, 0.25) is 0 Å². The number of rotatable bonds is 1. The molecule has 0 rings (SSSR count). The van der Waals surface area contributed by atoms with Gasteiger partial charge in [-0.1, -0.05) is 18.2 Å². The molecule has 0 aliphatic rings. The van der Waals surface area contributed by atoms with E-state index in [-0.39, 0.29) is 6.61 Å². The van der Waals surface area contributed by atoms with Crippen LogP contribution >= 0.6 is 11.6 Å². The van der Waals surface area contributed by atoms with E-state index in [2.05, 4.69) is 11.3 Å². The van der Waals surface area contributed by atoms with Gasteiger partial charge >= 0.3 is 6.16 Å². The lowest BCUT2D eigenvalue weighted by atomic mass is 10.9. The molecular formula is C5H9ClO3. The lowest BCUT2D eigenvalue weighted by Crippen LogP contribution is -1.97. The number of carbonyl (C=O) groups is 1. The maximum absolute atomic E-state index is 9.38. The molecule has 54 valence electrons. The minimum atomic E-state index is -1.21. The van der Waals surface area contributed by atoms with Gasteiger partial charge in [-0.25, -0.2) is 4.79 Å². The van der Waals surface area contributed by atoms with Crippen LogP contribution in [-0.4, -0.2) is 17.9 Å². The van der Waals surface area contributed by atoms with E-state index >= 15 is 0 Å². The Morgan fingerprint density at radius 3 is 2.33 bits per heavy atom. The minimum Gasteiger partial charge on any atom is -0.450 e. The average molecular weight is 153 g/mol. The Morgan fingerprint density at radius 1 is 2.00 bits per heavy atom. The van der Waals surface area contributed by atoms with Crippen LogP contribution in [-0.2, 0) is 4.74 Å². The lowest BCUT2D eigenvalue weighted by molar-refractivity contribution is 0.0966. The number of hydrogen-bond acceptors (Lipinski definition) is 2. The zero-order valence-electron chi connectivity index (χ0n) is 5.13. The van der Waals surface area contributed by atoms with Crippen LogP contribution in [0.15, 0.2) is 12.1 Å². The predicted octanol–water partition coefficient (Wildman–Crippen LogP) is 2.07. The van der Waals surface area contributed by atoms with Crippen molar-refractivity contribution < 1.29 is 14.6 Å². The molecule has 0 fully saturated rings. The summed E-state index contributed by atoms with van der Waals surface area (Å²) in [4.78, 5) is 9.38. The molecule has 0 atom stereocenters. The summed E-state index contributed by atoms with van der Waals surface area (Å²) in [7, 11) is 0. The first kappa shape index (κ1) is 11.1. The van der Waals surface area contributed by atoms with Gasteiger partial charge in [0, 0.05) is 0 Å². The molecule has 9 heavy (non-hydrogen) atoms. The van der Waals surface area contributed by atoms with Crippen molar-refractivity contribution in [3.8, 4) is 0 Å². The Morgan fingerprint density at radius 2 is 2.33 bits per heavy atom. The fourth-order valence-corrected chi connectivity index (χ4v) is 0.123. The molecule has 0 heterocycles. The van der Waals surface area contributed by atoms with Crippen LogP contribution in [0.1, 0.15) is 6.92 Å². The van der Waals surface area contributed by atoms with E-state index in [1.54, 1.807) is 6.92 Å². The van der Waals surface area contributed by atoms with Gasteiger partial charge in [0.25, 0.3) is 0 Å². The molecule has 1 N–H and O–H groups in total. The van der Waals surface area contributed by atoms with Gasteiger partial charge in [-0.3, -0.25) is 0 Å². The van der Waals surface area contributed by atoms with Crippen molar-refractivity contribution in [2.75, 3.05) is 6.61 Å². The van der Waals surface area contributed by atoms with Crippen molar-refractivity contribution in [1.29, 1.82) is 0 Å². The maximum Gasteiger partial charge on any atom is 0.505 e. The van der Waals surface area contributed by atoms with Crippen molar-refractivity contribution in [3.63, 3.8) is 0 Å². The molecule has 0 aromatic rings. The van der Waals surface area contributed by atoms with Crippen molar-refractivity contribution in [2.45, 2.75) is 6.92 Å². The van der Waals surface area contributed by atoms with Gasteiger partial charge in [-0.2, -0.15) is 0 Å². The molecule has 4 heteroatoms. The molecule has 0 aliphatic carbocycles. The summed E-state index contributed by atoms with van der Waals surface area (Å²) in [6.45, 7) is 4.98. The molecule has 0 amide bonds. The first-order valence-electron chi connectivity index (χ1n) is 2.25. The van der Waals surface area contributed by atoms with Crippen molar-refractivity contribution in [3.05, 3.63) is 12.1 Å². The summed E-state index contributed by atoms with van der Waals surface area (Å²) in [5.74, 6) is 0. The third kappa shape index (κ3) is 38.8. The van der Waals surface area contributed by atoms with Crippen LogP contribution in [0.4, 0.5) is 4.79 Å². The van der Waals surface area contributed by atoms with Gasteiger partial charge in [-0.15, -0.1) is 0 Å². The molecule has 0 aliphatic heterocycles. The summed E-state index contributed by atoms with van der Waals surface area (Å²) in [5.41, 5.74) is 1.22. The highest BCUT2D eigenvalue weighted by Gasteiger charge is 1.86. The fourth-order valence-electron chi connectivity index (χ4n) is 0.123. The van der Waals surface area contributed by atoms with Crippen LogP contribution < -0.4 is 0 Å². The van der Waals surface area contributed by atoms with E-state index in [1.165, 1.54) is 5.54 Å². The number of carboxylic acid groups (broad SMARTS) is 1. The van der Waals surface area contributed by atoms with E-state index in [1.807, 2.05) is 0 Å². The molecule has 0 saturated carbocycles. The molecular weight excluding hydrogens is 144 g/mol. The Kier molecular flexibility index (Phi) is 12.8. The molecule has 0 spiro atoms. The van der Waals surface area contributed by atoms with Crippen LogP contribution in [0.25, 0.3) is 0 Å². The third-order valence-electron chi connectivity index (χ3n) is 0.268. The summed E-state index contributed by atoms with van der Waals surface area (Å²) in [5, 5.41) is 7.69. The maximum atomic E-state index is 9.38. The van der Waals surface area contributed by atoms with Gasteiger partial charge < -0.3 is 9.84 Å². The summed E-state index contributed by atoms with van der Waals surface area (Å²) < 4.78 is 3.96. The van der Waals surface area contributed by atoms with Crippen LogP contribution in [0, 0.1) is 0 Å². The molecule has 0 bridgehead atoms. The van der Waals surface area contributed by atoms with E-state index in [0.29, 0.717) is 0 Å². The Bertz CT molecular complexity index is 82.3. The van der Waals surface area contributed by atoms with Crippen molar-refractivity contribution in [2.24, 2.45) is 0 Å². The van der Waals surface area contributed by atoms with Crippen molar-refractivity contribution in [1.82, 2.24) is 0 Å². The van der Waals surface area contributed by atoms with Gasteiger partial charge in [0.05, 0.1) is 6.61 Å². The number of ether oxygens (including phenoxy) is 1. The van der Waals surface area contributed by atoms with E-state index in [0.717, 1.165) is 0 Å². The average Bonchev–Trinajstić information content (AvgIpc) is 1.67. The number of hydrogen-bond donors (Lipinski definition) is 1.